The molecule has 1 N–H and O–H groups in total. The molecule has 0 saturated carbocycles. The minimum Gasteiger partial charge on any atom is -0.491 e. The Hall–Kier alpha value is -1.92. The first-order valence-corrected chi connectivity index (χ1v) is 7.33. The monoisotopic (exact) mass is 348 g/mol. The van der Waals surface area contributed by atoms with E-state index in [1.807, 2.05) is 30.3 Å². The predicted octanol–water partition coefficient (Wildman–Crippen LogP) is 3.58. The van der Waals surface area contributed by atoms with Crippen LogP contribution >= 0.6 is 15.9 Å². The van der Waals surface area contributed by atoms with E-state index in [-0.39, 0.29) is 16.7 Å². The first kappa shape index (κ1) is 14.0. The number of benzene rings is 2. The summed E-state index contributed by atoms with van der Waals surface area (Å²) in [5, 5.41) is 14.3. The maximum absolute atomic E-state index is 10.9. The van der Waals surface area contributed by atoms with Crippen molar-refractivity contribution in [3.8, 4) is 5.75 Å². The summed E-state index contributed by atoms with van der Waals surface area (Å²) in [5.41, 5.74) is 2.06. The average Bonchev–Trinajstić information content (AvgIpc) is 2.89. The van der Waals surface area contributed by atoms with E-state index in [4.69, 9.17) is 4.74 Å². The number of nitro groups is 1. The quantitative estimate of drug-likeness (QED) is 0.677. The lowest BCUT2D eigenvalue weighted by atomic mass is 10.1. The van der Waals surface area contributed by atoms with Crippen LogP contribution in [0, 0.1) is 10.1 Å². The zero-order valence-corrected chi connectivity index (χ0v) is 12.7. The van der Waals surface area contributed by atoms with Crippen LogP contribution in [0.4, 0.5) is 5.69 Å². The third-order valence-corrected chi connectivity index (χ3v) is 4.41. The molecule has 0 fully saturated rings. The van der Waals surface area contributed by atoms with Crippen LogP contribution in [-0.2, 0) is 6.54 Å². The summed E-state index contributed by atoms with van der Waals surface area (Å²) in [6, 6.07) is 13.0. The SMILES string of the molecule is O=[N+]([O-])c1cccc(CNC2COc3ccccc32)c1Br. The molecule has 0 amide bonds. The molecule has 2 aromatic rings. The molecule has 1 unspecified atom stereocenters. The summed E-state index contributed by atoms with van der Waals surface area (Å²) >= 11 is 3.31. The van der Waals surface area contributed by atoms with Gasteiger partial charge in [-0.15, -0.1) is 0 Å². The second kappa shape index (κ2) is 5.83. The van der Waals surface area contributed by atoms with Crippen LogP contribution in [0.3, 0.4) is 0 Å². The molecule has 6 heteroatoms. The number of para-hydroxylation sites is 1. The third-order valence-electron chi connectivity index (χ3n) is 3.49. The van der Waals surface area contributed by atoms with Crippen molar-refractivity contribution in [1.29, 1.82) is 0 Å². The standard InChI is InChI=1S/C15H13BrN2O3/c16-15-10(4-3-6-13(15)18(19)20)8-17-12-9-21-14-7-2-1-5-11(12)14/h1-7,12,17H,8-9H2. The summed E-state index contributed by atoms with van der Waals surface area (Å²) in [6.07, 6.45) is 0. The molecule has 1 atom stereocenters. The number of nitrogens with one attached hydrogen (secondary N) is 1. The largest absolute Gasteiger partial charge is 0.491 e. The molecule has 2 aromatic carbocycles. The third kappa shape index (κ3) is 2.77. The number of nitrogens with zero attached hydrogens (tertiary/aromatic N) is 1. The van der Waals surface area contributed by atoms with Crippen LogP contribution in [-0.4, -0.2) is 11.5 Å². The van der Waals surface area contributed by atoms with Gasteiger partial charge in [-0.25, -0.2) is 0 Å². The first-order valence-electron chi connectivity index (χ1n) is 6.53. The van der Waals surface area contributed by atoms with Crippen LogP contribution < -0.4 is 10.1 Å². The molecule has 108 valence electrons. The first-order chi connectivity index (χ1) is 10.2. The molecule has 0 aromatic heterocycles. The molecular formula is C15H13BrN2O3. The van der Waals surface area contributed by atoms with Gasteiger partial charge < -0.3 is 10.1 Å². The van der Waals surface area contributed by atoms with Crippen LogP contribution in [0.5, 0.6) is 5.75 Å². The van der Waals surface area contributed by atoms with Crippen molar-refractivity contribution in [3.05, 3.63) is 68.2 Å². The maximum atomic E-state index is 10.9. The van der Waals surface area contributed by atoms with Gasteiger partial charge in [0.25, 0.3) is 5.69 Å². The Labute approximate surface area is 130 Å². The van der Waals surface area contributed by atoms with Gasteiger partial charge in [-0.1, -0.05) is 30.3 Å². The summed E-state index contributed by atoms with van der Waals surface area (Å²) in [5.74, 6) is 0.896. The van der Waals surface area contributed by atoms with Crippen LogP contribution in [0.25, 0.3) is 0 Å². The Kier molecular flexibility index (Phi) is 3.90. The van der Waals surface area contributed by atoms with Crippen LogP contribution in [0.2, 0.25) is 0 Å². The normalized spacial score (nSPS) is 16.3. The maximum Gasteiger partial charge on any atom is 0.283 e. The molecule has 0 spiro atoms. The van der Waals surface area contributed by atoms with E-state index in [9.17, 15) is 10.1 Å². The lowest BCUT2D eigenvalue weighted by molar-refractivity contribution is -0.385. The van der Waals surface area contributed by atoms with Gasteiger partial charge in [-0.05, 0) is 27.6 Å². The van der Waals surface area contributed by atoms with Crippen LogP contribution in [0.15, 0.2) is 46.9 Å². The number of rotatable bonds is 4. The molecule has 3 rings (SSSR count). The molecule has 0 bridgehead atoms. The lowest BCUT2D eigenvalue weighted by Crippen LogP contribution is -2.22. The fourth-order valence-electron chi connectivity index (χ4n) is 2.41. The smallest absolute Gasteiger partial charge is 0.283 e. The fourth-order valence-corrected chi connectivity index (χ4v) is 2.96. The summed E-state index contributed by atoms with van der Waals surface area (Å²) in [6.45, 7) is 1.11. The number of fused-ring (bicyclic) bond motifs is 1. The highest BCUT2D eigenvalue weighted by Crippen LogP contribution is 2.33. The van der Waals surface area contributed by atoms with Gasteiger partial charge in [0.05, 0.1) is 15.4 Å². The Morgan fingerprint density at radius 1 is 1.29 bits per heavy atom. The highest BCUT2D eigenvalue weighted by Gasteiger charge is 2.23. The summed E-state index contributed by atoms with van der Waals surface area (Å²) in [4.78, 5) is 10.5. The van der Waals surface area contributed by atoms with Gasteiger partial charge in [-0.3, -0.25) is 10.1 Å². The highest BCUT2D eigenvalue weighted by atomic mass is 79.9. The Morgan fingerprint density at radius 2 is 2.10 bits per heavy atom. The lowest BCUT2D eigenvalue weighted by Gasteiger charge is -2.12. The minimum atomic E-state index is -0.387. The van der Waals surface area contributed by atoms with Gasteiger partial charge in [-0.2, -0.15) is 0 Å². The second-order valence-corrected chi connectivity index (χ2v) is 5.58. The summed E-state index contributed by atoms with van der Waals surface area (Å²) < 4.78 is 6.13. The predicted molar refractivity (Wildman–Crippen MR) is 82.3 cm³/mol. The molecule has 1 aliphatic heterocycles. The van der Waals surface area contributed by atoms with Crippen LogP contribution in [0.1, 0.15) is 17.2 Å². The molecular weight excluding hydrogens is 336 g/mol. The van der Waals surface area contributed by atoms with Gasteiger partial charge in [0.2, 0.25) is 0 Å². The Morgan fingerprint density at radius 3 is 2.90 bits per heavy atom. The molecule has 21 heavy (non-hydrogen) atoms. The zero-order chi connectivity index (χ0) is 14.8. The number of halogens is 1. The Balaban J connectivity index is 1.75. The molecule has 0 aliphatic carbocycles. The van der Waals surface area contributed by atoms with E-state index in [1.54, 1.807) is 6.07 Å². The molecule has 1 aliphatic rings. The van der Waals surface area contributed by atoms with Crippen molar-refractivity contribution in [2.45, 2.75) is 12.6 Å². The van der Waals surface area contributed by atoms with Gasteiger partial charge >= 0.3 is 0 Å². The molecule has 5 nitrogen and oxygen atoms in total. The zero-order valence-electron chi connectivity index (χ0n) is 11.1. The summed E-state index contributed by atoms with van der Waals surface area (Å²) in [7, 11) is 0. The van der Waals surface area contributed by atoms with E-state index >= 15 is 0 Å². The second-order valence-electron chi connectivity index (χ2n) is 4.79. The van der Waals surface area contributed by atoms with Crippen molar-refractivity contribution in [2.75, 3.05) is 6.61 Å². The van der Waals surface area contributed by atoms with E-state index < -0.39 is 0 Å². The van der Waals surface area contributed by atoms with Crippen molar-refractivity contribution < 1.29 is 9.66 Å². The van der Waals surface area contributed by atoms with Crippen molar-refractivity contribution in [2.24, 2.45) is 0 Å². The highest BCUT2D eigenvalue weighted by molar-refractivity contribution is 9.10. The minimum absolute atomic E-state index is 0.0809. The van der Waals surface area contributed by atoms with E-state index in [0.717, 1.165) is 16.9 Å². The number of hydrogen-bond acceptors (Lipinski definition) is 4. The Bertz CT molecular complexity index is 690. The van der Waals surface area contributed by atoms with E-state index in [2.05, 4.69) is 21.2 Å². The topological polar surface area (TPSA) is 64.4 Å². The number of hydrogen-bond donors (Lipinski definition) is 1. The molecule has 1 heterocycles. The van der Waals surface area contributed by atoms with Crippen molar-refractivity contribution >= 4 is 21.6 Å². The fraction of sp³-hybridized carbons (Fsp3) is 0.200. The van der Waals surface area contributed by atoms with Gasteiger partial charge in [0.15, 0.2) is 0 Å². The number of ether oxygens (including phenoxy) is 1. The van der Waals surface area contributed by atoms with E-state index in [0.29, 0.717) is 17.6 Å². The van der Waals surface area contributed by atoms with Crippen molar-refractivity contribution in [1.82, 2.24) is 5.32 Å². The van der Waals surface area contributed by atoms with E-state index in [1.165, 1.54) is 6.07 Å². The van der Waals surface area contributed by atoms with Gasteiger partial charge in [0, 0.05) is 18.2 Å². The van der Waals surface area contributed by atoms with Crippen molar-refractivity contribution in [3.63, 3.8) is 0 Å². The van der Waals surface area contributed by atoms with Gasteiger partial charge in [0.1, 0.15) is 12.4 Å². The number of nitro benzene ring substituents is 1. The average molecular weight is 349 g/mol. The molecule has 0 saturated heterocycles. The molecule has 0 radical (unpaired) electrons.